The van der Waals surface area contributed by atoms with Crippen LogP contribution < -0.4 is 11.1 Å². The van der Waals surface area contributed by atoms with Gasteiger partial charge in [0.2, 0.25) is 0 Å². The average Bonchev–Trinajstić information content (AvgIpc) is 2.37. The monoisotopic (exact) mass is 268 g/mol. The molecular formula is C14H18ClFN2. The van der Waals surface area contributed by atoms with E-state index in [1.807, 2.05) is 0 Å². The second-order valence-electron chi connectivity index (χ2n) is 4.64. The van der Waals surface area contributed by atoms with Crippen LogP contribution in [-0.4, -0.2) is 6.54 Å². The van der Waals surface area contributed by atoms with Crippen molar-refractivity contribution in [2.24, 2.45) is 0 Å². The third kappa shape index (κ3) is 3.39. The third-order valence-electron chi connectivity index (χ3n) is 3.24. The lowest BCUT2D eigenvalue weighted by atomic mass is 9.97. The van der Waals surface area contributed by atoms with Crippen LogP contribution in [0.2, 0.25) is 5.02 Å². The Bertz CT molecular complexity index is 457. The highest BCUT2D eigenvalue weighted by Gasteiger charge is 2.07. The molecule has 1 aliphatic rings. The average molecular weight is 269 g/mol. The summed E-state index contributed by atoms with van der Waals surface area (Å²) < 4.78 is 13.3. The second kappa shape index (κ2) is 6.10. The van der Waals surface area contributed by atoms with Crippen molar-refractivity contribution in [3.63, 3.8) is 0 Å². The molecule has 0 fully saturated rings. The molecule has 98 valence electrons. The van der Waals surface area contributed by atoms with Crippen LogP contribution in [0.5, 0.6) is 0 Å². The molecule has 18 heavy (non-hydrogen) atoms. The maximum absolute atomic E-state index is 13.3. The van der Waals surface area contributed by atoms with Gasteiger partial charge in [0.1, 0.15) is 5.82 Å². The van der Waals surface area contributed by atoms with Crippen molar-refractivity contribution in [3.8, 4) is 0 Å². The number of nitrogens with two attached hydrogens (primary N) is 1. The van der Waals surface area contributed by atoms with Crippen LogP contribution in [0.25, 0.3) is 0 Å². The normalized spacial score (nSPS) is 15.3. The van der Waals surface area contributed by atoms with E-state index in [0.29, 0.717) is 11.4 Å². The highest BCUT2D eigenvalue weighted by atomic mass is 35.5. The maximum Gasteiger partial charge on any atom is 0.143 e. The van der Waals surface area contributed by atoms with E-state index >= 15 is 0 Å². The van der Waals surface area contributed by atoms with Crippen LogP contribution >= 0.6 is 11.6 Å². The van der Waals surface area contributed by atoms with Gasteiger partial charge < -0.3 is 11.1 Å². The molecule has 1 aromatic rings. The zero-order chi connectivity index (χ0) is 13.0. The van der Waals surface area contributed by atoms with E-state index in [9.17, 15) is 4.39 Å². The van der Waals surface area contributed by atoms with Gasteiger partial charge in [-0.05, 0) is 38.2 Å². The largest absolute Gasteiger partial charge is 0.397 e. The zero-order valence-corrected chi connectivity index (χ0v) is 11.1. The van der Waals surface area contributed by atoms with E-state index < -0.39 is 5.82 Å². The summed E-state index contributed by atoms with van der Waals surface area (Å²) in [6.07, 6.45) is 8.26. The fraction of sp³-hybridized carbons (Fsp3) is 0.429. The molecule has 3 N–H and O–H groups in total. The summed E-state index contributed by atoms with van der Waals surface area (Å²) in [4.78, 5) is 0. The topological polar surface area (TPSA) is 38.0 Å². The lowest BCUT2D eigenvalue weighted by Crippen LogP contribution is -2.06. The molecule has 0 radical (unpaired) electrons. The molecule has 0 aliphatic heterocycles. The van der Waals surface area contributed by atoms with Crippen LogP contribution in [0, 0.1) is 5.82 Å². The van der Waals surface area contributed by atoms with E-state index in [1.165, 1.54) is 43.4 Å². The number of hydrogen-bond acceptors (Lipinski definition) is 2. The number of nitrogen functional groups attached to an aromatic ring is 1. The molecule has 0 aromatic heterocycles. The molecule has 0 spiro atoms. The van der Waals surface area contributed by atoms with Crippen LogP contribution in [0.3, 0.4) is 0 Å². The number of halogens is 2. The smallest absolute Gasteiger partial charge is 0.143 e. The summed E-state index contributed by atoms with van der Waals surface area (Å²) in [6, 6.07) is 2.80. The Hall–Kier alpha value is -1.22. The van der Waals surface area contributed by atoms with Crippen molar-refractivity contribution in [2.45, 2.75) is 32.1 Å². The minimum atomic E-state index is -0.440. The first-order valence-corrected chi connectivity index (χ1v) is 6.71. The Balaban J connectivity index is 1.90. The zero-order valence-electron chi connectivity index (χ0n) is 10.3. The minimum Gasteiger partial charge on any atom is -0.397 e. The molecule has 0 unspecified atom stereocenters. The van der Waals surface area contributed by atoms with E-state index in [1.54, 1.807) is 0 Å². The maximum atomic E-state index is 13.3. The Morgan fingerprint density at radius 1 is 1.33 bits per heavy atom. The molecular weight excluding hydrogens is 251 g/mol. The molecule has 0 bridgehead atoms. The third-order valence-corrected chi connectivity index (χ3v) is 3.53. The Labute approximate surface area is 112 Å². The second-order valence-corrected chi connectivity index (χ2v) is 5.05. The first-order valence-electron chi connectivity index (χ1n) is 6.33. The quantitative estimate of drug-likeness (QED) is 0.629. The van der Waals surface area contributed by atoms with E-state index in [4.69, 9.17) is 17.3 Å². The minimum absolute atomic E-state index is 0.0630. The first kappa shape index (κ1) is 13.2. The molecule has 0 saturated heterocycles. The van der Waals surface area contributed by atoms with Gasteiger partial charge in [-0.1, -0.05) is 23.3 Å². The van der Waals surface area contributed by atoms with Gasteiger partial charge in [-0.2, -0.15) is 0 Å². The van der Waals surface area contributed by atoms with Gasteiger partial charge in [0.25, 0.3) is 0 Å². The molecule has 0 heterocycles. The lowest BCUT2D eigenvalue weighted by Gasteiger charge is -2.14. The predicted octanol–water partition coefficient (Wildman–Crippen LogP) is 4.36. The molecule has 1 aromatic carbocycles. The van der Waals surface area contributed by atoms with E-state index in [2.05, 4.69) is 11.4 Å². The molecule has 2 rings (SSSR count). The van der Waals surface area contributed by atoms with Gasteiger partial charge in [0, 0.05) is 12.6 Å². The number of rotatable bonds is 4. The van der Waals surface area contributed by atoms with Crippen molar-refractivity contribution in [1.82, 2.24) is 0 Å². The SMILES string of the molecule is Nc1cc(Cl)c(F)cc1NCCC1=CCCCC1. The summed E-state index contributed by atoms with van der Waals surface area (Å²) in [7, 11) is 0. The van der Waals surface area contributed by atoms with Gasteiger partial charge in [-0.3, -0.25) is 0 Å². The van der Waals surface area contributed by atoms with Crippen LogP contribution in [0.4, 0.5) is 15.8 Å². The Kier molecular flexibility index (Phi) is 4.48. The van der Waals surface area contributed by atoms with Crippen molar-refractivity contribution >= 4 is 23.0 Å². The van der Waals surface area contributed by atoms with Gasteiger partial charge in [-0.25, -0.2) is 4.39 Å². The Morgan fingerprint density at radius 3 is 2.89 bits per heavy atom. The van der Waals surface area contributed by atoms with Gasteiger partial charge in [-0.15, -0.1) is 0 Å². The van der Waals surface area contributed by atoms with Crippen molar-refractivity contribution < 1.29 is 4.39 Å². The number of allylic oxidation sites excluding steroid dienone is 1. The van der Waals surface area contributed by atoms with Crippen molar-refractivity contribution in [2.75, 3.05) is 17.6 Å². The molecule has 2 nitrogen and oxygen atoms in total. The fourth-order valence-corrected chi connectivity index (χ4v) is 2.38. The van der Waals surface area contributed by atoms with Crippen molar-refractivity contribution in [1.29, 1.82) is 0 Å². The standard InChI is InChI=1S/C14H18ClFN2/c15-11-8-13(17)14(9-12(11)16)18-7-6-10-4-2-1-3-5-10/h4,8-9,18H,1-3,5-7,17H2. The molecule has 0 atom stereocenters. The predicted molar refractivity (Wildman–Crippen MR) is 75.5 cm³/mol. The number of anilines is 2. The van der Waals surface area contributed by atoms with Gasteiger partial charge in [0.05, 0.1) is 16.4 Å². The summed E-state index contributed by atoms with van der Waals surface area (Å²) in [5.41, 5.74) is 8.37. The number of hydrogen-bond donors (Lipinski definition) is 2. The summed E-state index contributed by atoms with van der Waals surface area (Å²) >= 11 is 5.65. The van der Waals surface area contributed by atoms with E-state index in [-0.39, 0.29) is 5.02 Å². The molecule has 4 heteroatoms. The van der Waals surface area contributed by atoms with Crippen LogP contribution in [-0.2, 0) is 0 Å². The van der Waals surface area contributed by atoms with Gasteiger partial charge in [0.15, 0.2) is 0 Å². The fourth-order valence-electron chi connectivity index (χ4n) is 2.20. The number of benzene rings is 1. The Morgan fingerprint density at radius 2 is 2.17 bits per heavy atom. The molecule has 1 aliphatic carbocycles. The van der Waals surface area contributed by atoms with Crippen LogP contribution in [0.1, 0.15) is 32.1 Å². The van der Waals surface area contributed by atoms with Gasteiger partial charge >= 0.3 is 0 Å². The summed E-state index contributed by atoms with van der Waals surface area (Å²) in [5, 5.41) is 3.23. The molecule has 0 amide bonds. The highest BCUT2D eigenvalue weighted by molar-refractivity contribution is 6.31. The summed E-state index contributed by atoms with van der Waals surface area (Å²) in [6.45, 7) is 0.775. The summed E-state index contributed by atoms with van der Waals surface area (Å²) in [5.74, 6) is -0.440. The molecule has 0 saturated carbocycles. The van der Waals surface area contributed by atoms with E-state index in [0.717, 1.165) is 13.0 Å². The van der Waals surface area contributed by atoms with Crippen LogP contribution in [0.15, 0.2) is 23.8 Å². The van der Waals surface area contributed by atoms with Crippen molar-refractivity contribution in [3.05, 3.63) is 34.6 Å². The first-order chi connectivity index (χ1) is 8.66. The highest BCUT2D eigenvalue weighted by Crippen LogP contribution is 2.26. The lowest BCUT2D eigenvalue weighted by molar-refractivity contribution is 0.628. The number of nitrogens with one attached hydrogen (secondary N) is 1.